The maximum Gasteiger partial charge on any atom is 0.236 e. The third-order valence-electron chi connectivity index (χ3n) is 5.29. The first kappa shape index (κ1) is 29.6. The van der Waals surface area contributed by atoms with E-state index in [0.29, 0.717) is 38.4 Å². The molecule has 2 N–H and O–H groups in total. The molecule has 5 amide bonds. The minimum absolute atomic E-state index is 0.143. The monoisotopic (exact) mass is 491 g/mol. The second-order valence-electron chi connectivity index (χ2n) is 8.11. The molecule has 0 bridgehead atoms. The predicted molar refractivity (Wildman–Crippen MR) is 132 cm³/mol. The van der Waals surface area contributed by atoms with Crippen LogP contribution in [0.15, 0.2) is 24.3 Å². The number of nitrogens with zero attached hydrogens (tertiary/aromatic N) is 3. The van der Waals surface area contributed by atoms with Crippen LogP contribution in [0.2, 0.25) is 0 Å². The molecule has 0 atom stereocenters. The Morgan fingerprint density at radius 3 is 2.26 bits per heavy atom. The van der Waals surface area contributed by atoms with Crippen LogP contribution in [0, 0.1) is 0 Å². The lowest BCUT2D eigenvalue weighted by Gasteiger charge is -2.21. The number of amides is 5. The normalized spacial score (nSPS) is 10.3. The molecule has 0 aliphatic carbocycles. The maximum absolute atomic E-state index is 12.5. The molecule has 0 aromatic heterocycles. The Morgan fingerprint density at radius 1 is 0.943 bits per heavy atom. The van der Waals surface area contributed by atoms with Crippen LogP contribution in [0.1, 0.15) is 24.8 Å². The van der Waals surface area contributed by atoms with Gasteiger partial charge in [-0.25, -0.2) is 0 Å². The molecule has 194 valence electrons. The Balaban J connectivity index is 2.39. The van der Waals surface area contributed by atoms with E-state index < -0.39 is 0 Å². The zero-order valence-electron chi connectivity index (χ0n) is 21.0. The molecule has 0 aliphatic rings. The van der Waals surface area contributed by atoms with Crippen molar-refractivity contribution in [2.24, 2.45) is 0 Å². The number of hydrogen-bond acceptors (Lipinski definition) is 6. The van der Waals surface area contributed by atoms with E-state index >= 15 is 0 Å². The molecule has 0 saturated heterocycles. The number of rotatable bonds is 16. The fourth-order valence-corrected chi connectivity index (χ4v) is 2.95. The summed E-state index contributed by atoms with van der Waals surface area (Å²) in [5.74, 6) is -0.997. The van der Waals surface area contributed by atoms with E-state index in [2.05, 4.69) is 10.6 Å². The third-order valence-corrected chi connectivity index (χ3v) is 5.29. The summed E-state index contributed by atoms with van der Waals surface area (Å²) in [6, 6.07) is 6.93. The summed E-state index contributed by atoms with van der Waals surface area (Å²) < 4.78 is 5.47. The van der Waals surface area contributed by atoms with Gasteiger partial charge >= 0.3 is 0 Å². The number of carbonyl (C=O) groups is 5. The van der Waals surface area contributed by atoms with Gasteiger partial charge in [0, 0.05) is 66.5 Å². The Labute approximate surface area is 206 Å². The minimum atomic E-state index is -0.348. The lowest BCUT2D eigenvalue weighted by atomic mass is 10.1. The molecule has 0 fully saturated rings. The average Bonchev–Trinajstić information content (AvgIpc) is 2.85. The summed E-state index contributed by atoms with van der Waals surface area (Å²) in [6.45, 7) is 2.06. The van der Waals surface area contributed by atoms with Crippen molar-refractivity contribution in [3.8, 4) is 0 Å². The van der Waals surface area contributed by atoms with Crippen molar-refractivity contribution in [3.63, 3.8) is 0 Å². The summed E-state index contributed by atoms with van der Waals surface area (Å²) in [7, 11) is 6.45. The molecule has 0 saturated carbocycles. The van der Waals surface area contributed by atoms with Gasteiger partial charge in [-0.3, -0.25) is 24.0 Å². The van der Waals surface area contributed by atoms with Crippen molar-refractivity contribution in [2.75, 3.05) is 65.9 Å². The lowest BCUT2D eigenvalue weighted by Crippen LogP contribution is -2.36. The van der Waals surface area contributed by atoms with E-state index in [1.54, 1.807) is 52.5 Å². The van der Waals surface area contributed by atoms with Crippen molar-refractivity contribution < 1.29 is 28.7 Å². The van der Waals surface area contributed by atoms with Gasteiger partial charge in [0.1, 0.15) is 6.42 Å². The Bertz CT molecular complexity index is 845. The fourth-order valence-electron chi connectivity index (χ4n) is 2.95. The second kappa shape index (κ2) is 16.2. The first-order valence-electron chi connectivity index (χ1n) is 11.5. The van der Waals surface area contributed by atoms with E-state index in [-0.39, 0.29) is 49.4 Å². The number of carbonyl (C=O) groups excluding carboxylic acids is 5. The van der Waals surface area contributed by atoms with Gasteiger partial charge in [0.25, 0.3) is 0 Å². The third kappa shape index (κ3) is 12.0. The maximum atomic E-state index is 12.5. The zero-order valence-corrected chi connectivity index (χ0v) is 21.0. The standard InChI is InChI=1S/C24H37N5O6/c1-25-21(31)10-11-26-22(32)16-19-6-8-20(9-7-19)29(4)24(34)17-23(33)28(3)13-15-35-14-5-12-27(2)18-30/h6-9,18H,5,10-17H2,1-4H3,(H,25,31)(H,26,32). The van der Waals surface area contributed by atoms with Crippen molar-refractivity contribution in [3.05, 3.63) is 29.8 Å². The van der Waals surface area contributed by atoms with Gasteiger partial charge in [0.2, 0.25) is 30.0 Å². The zero-order chi connectivity index (χ0) is 26.2. The van der Waals surface area contributed by atoms with Crippen LogP contribution < -0.4 is 15.5 Å². The summed E-state index contributed by atoms with van der Waals surface area (Å²) in [6.07, 6.45) is 1.57. The highest BCUT2D eigenvalue weighted by atomic mass is 16.5. The highest BCUT2D eigenvalue weighted by Gasteiger charge is 2.18. The molecule has 0 unspecified atom stereocenters. The van der Waals surface area contributed by atoms with Crippen LogP contribution in [0.5, 0.6) is 0 Å². The fraction of sp³-hybridized carbons (Fsp3) is 0.542. The predicted octanol–water partition coefficient (Wildman–Crippen LogP) is -0.212. The van der Waals surface area contributed by atoms with Crippen molar-refractivity contribution in [1.29, 1.82) is 0 Å². The van der Waals surface area contributed by atoms with Crippen LogP contribution in [-0.4, -0.2) is 101 Å². The summed E-state index contributed by atoms with van der Waals surface area (Å²) in [5.41, 5.74) is 1.37. The smallest absolute Gasteiger partial charge is 0.236 e. The first-order valence-corrected chi connectivity index (χ1v) is 11.5. The van der Waals surface area contributed by atoms with Gasteiger partial charge in [-0.05, 0) is 24.1 Å². The van der Waals surface area contributed by atoms with Crippen molar-refractivity contribution in [2.45, 2.75) is 25.7 Å². The SMILES string of the molecule is CNC(=O)CCNC(=O)Cc1ccc(N(C)C(=O)CC(=O)N(C)CCOCCCN(C)C=O)cc1. The number of hydrogen-bond donors (Lipinski definition) is 2. The van der Waals surface area contributed by atoms with Crippen molar-refractivity contribution in [1.82, 2.24) is 20.4 Å². The molecule has 1 rings (SSSR count). The quantitative estimate of drug-likeness (QED) is 0.187. The summed E-state index contributed by atoms with van der Waals surface area (Å²) in [5, 5.41) is 5.18. The Hall–Kier alpha value is -3.47. The molecule has 1 aromatic rings. The molecular formula is C24H37N5O6. The van der Waals surface area contributed by atoms with Gasteiger partial charge in [0.15, 0.2) is 0 Å². The highest BCUT2D eigenvalue weighted by molar-refractivity contribution is 6.04. The molecule has 11 heteroatoms. The number of anilines is 1. The number of benzene rings is 1. The average molecular weight is 492 g/mol. The van der Waals surface area contributed by atoms with Gasteiger partial charge in [-0.15, -0.1) is 0 Å². The van der Waals surface area contributed by atoms with E-state index in [1.165, 1.54) is 14.7 Å². The van der Waals surface area contributed by atoms with Gasteiger partial charge < -0.3 is 30.1 Å². The molecular weight excluding hydrogens is 454 g/mol. The van der Waals surface area contributed by atoms with E-state index in [0.717, 1.165) is 12.0 Å². The van der Waals surface area contributed by atoms with Gasteiger partial charge in [-0.1, -0.05) is 12.1 Å². The molecule has 1 aromatic carbocycles. The topological polar surface area (TPSA) is 128 Å². The number of nitrogens with one attached hydrogen (secondary N) is 2. The van der Waals surface area contributed by atoms with Crippen LogP contribution in [-0.2, 0) is 35.1 Å². The number of ether oxygens (including phenoxy) is 1. The molecule has 35 heavy (non-hydrogen) atoms. The Kier molecular flexibility index (Phi) is 13.7. The second-order valence-corrected chi connectivity index (χ2v) is 8.11. The number of likely N-dealkylation sites (N-methyl/N-ethyl adjacent to an activating group) is 1. The van der Waals surface area contributed by atoms with Crippen LogP contribution in [0.25, 0.3) is 0 Å². The van der Waals surface area contributed by atoms with Crippen LogP contribution in [0.4, 0.5) is 5.69 Å². The molecule has 0 aliphatic heterocycles. The summed E-state index contributed by atoms with van der Waals surface area (Å²) in [4.78, 5) is 63.0. The molecule has 0 spiro atoms. The van der Waals surface area contributed by atoms with Gasteiger partial charge in [0.05, 0.1) is 13.0 Å². The Morgan fingerprint density at radius 2 is 1.63 bits per heavy atom. The van der Waals surface area contributed by atoms with Gasteiger partial charge in [-0.2, -0.15) is 0 Å². The minimum Gasteiger partial charge on any atom is -0.380 e. The van der Waals surface area contributed by atoms with Crippen molar-refractivity contribution >= 4 is 35.7 Å². The van der Waals surface area contributed by atoms with Crippen LogP contribution >= 0.6 is 0 Å². The molecule has 0 radical (unpaired) electrons. The van der Waals surface area contributed by atoms with E-state index in [1.807, 2.05) is 0 Å². The first-order chi connectivity index (χ1) is 16.7. The van der Waals surface area contributed by atoms with E-state index in [9.17, 15) is 24.0 Å². The van der Waals surface area contributed by atoms with E-state index in [4.69, 9.17) is 4.74 Å². The highest BCUT2D eigenvalue weighted by Crippen LogP contribution is 2.15. The molecule has 11 nitrogen and oxygen atoms in total. The largest absolute Gasteiger partial charge is 0.380 e. The van der Waals surface area contributed by atoms with Crippen LogP contribution in [0.3, 0.4) is 0 Å². The molecule has 0 heterocycles. The lowest BCUT2D eigenvalue weighted by molar-refractivity contribution is -0.135. The summed E-state index contributed by atoms with van der Waals surface area (Å²) >= 11 is 0.